The van der Waals surface area contributed by atoms with Gasteiger partial charge in [0, 0.05) is 32.3 Å². The molecule has 1 aliphatic carbocycles. The molecule has 1 saturated carbocycles. The Morgan fingerprint density at radius 3 is 1.69 bits per heavy atom. The van der Waals surface area contributed by atoms with Gasteiger partial charge in [0.05, 0.1) is 6.10 Å². The van der Waals surface area contributed by atoms with Crippen LogP contribution >= 0.6 is 0 Å². The average molecular weight is 234 g/mol. The fraction of sp³-hybridized carbons (Fsp3) is 1.00. The largest absolute Gasteiger partial charge is 0.396 e. The number of hydrogen-bond acceptors (Lipinski definition) is 5. The number of aliphatic hydroxyl groups is 5. The summed E-state index contributed by atoms with van der Waals surface area (Å²) in [7, 11) is 0. The van der Waals surface area contributed by atoms with Crippen molar-refractivity contribution in [1.82, 2.24) is 0 Å². The molecule has 5 nitrogen and oxygen atoms in total. The molecule has 0 aromatic rings. The Hall–Kier alpha value is -0.200. The molecule has 0 aliphatic heterocycles. The lowest BCUT2D eigenvalue weighted by Gasteiger charge is -2.32. The SMILES string of the molecule is OCC1CCC(O)C(CO)C(CO)C1CO. The van der Waals surface area contributed by atoms with Gasteiger partial charge < -0.3 is 25.5 Å². The molecule has 5 unspecified atom stereocenters. The molecule has 0 saturated heterocycles. The molecule has 1 fully saturated rings. The second-order valence-electron chi connectivity index (χ2n) is 4.63. The van der Waals surface area contributed by atoms with Crippen LogP contribution in [0.2, 0.25) is 0 Å². The summed E-state index contributed by atoms with van der Waals surface area (Å²) in [6.07, 6.45) is 0.423. The predicted molar refractivity (Wildman–Crippen MR) is 57.5 cm³/mol. The second kappa shape index (κ2) is 6.51. The quantitative estimate of drug-likeness (QED) is 0.384. The topological polar surface area (TPSA) is 101 Å². The lowest BCUT2D eigenvalue weighted by Crippen LogP contribution is -2.38. The van der Waals surface area contributed by atoms with E-state index in [0.717, 1.165) is 0 Å². The standard InChI is InChI=1S/C11H22O5/c12-3-7-1-2-11(16)10(6-15)9(5-14)8(7)4-13/h7-16H,1-6H2. The van der Waals surface area contributed by atoms with E-state index in [1.54, 1.807) is 0 Å². The summed E-state index contributed by atoms with van der Waals surface area (Å²) in [6.45, 7) is -0.600. The van der Waals surface area contributed by atoms with Crippen molar-refractivity contribution in [2.75, 3.05) is 26.4 Å². The zero-order chi connectivity index (χ0) is 12.1. The summed E-state index contributed by atoms with van der Waals surface area (Å²) >= 11 is 0. The zero-order valence-corrected chi connectivity index (χ0v) is 9.37. The van der Waals surface area contributed by atoms with Crippen molar-refractivity contribution in [3.05, 3.63) is 0 Å². The first kappa shape index (κ1) is 13.9. The van der Waals surface area contributed by atoms with Crippen LogP contribution < -0.4 is 0 Å². The van der Waals surface area contributed by atoms with E-state index in [2.05, 4.69) is 0 Å². The third kappa shape index (κ3) is 2.73. The van der Waals surface area contributed by atoms with Gasteiger partial charge >= 0.3 is 0 Å². The maximum Gasteiger partial charge on any atom is 0.0594 e. The minimum absolute atomic E-state index is 0.0629. The minimum Gasteiger partial charge on any atom is -0.396 e. The maximum absolute atomic E-state index is 9.84. The van der Waals surface area contributed by atoms with E-state index in [1.165, 1.54) is 0 Å². The van der Waals surface area contributed by atoms with E-state index in [4.69, 9.17) is 0 Å². The molecule has 5 heteroatoms. The summed E-state index contributed by atoms with van der Waals surface area (Å²) in [4.78, 5) is 0. The van der Waals surface area contributed by atoms with Gasteiger partial charge in [-0.05, 0) is 30.6 Å². The van der Waals surface area contributed by atoms with E-state index < -0.39 is 12.0 Å². The van der Waals surface area contributed by atoms with Crippen molar-refractivity contribution in [1.29, 1.82) is 0 Å². The van der Waals surface area contributed by atoms with Crippen molar-refractivity contribution < 1.29 is 25.5 Å². The van der Waals surface area contributed by atoms with Gasteiger partial charge in [-0.3, -0.25) is 0 Å². The van der Waals surface area contributed by atoms with Crippen molar-refractivity contribution in [3.63, 3.8) is 0 Å². The molecule has 1 rings (SSSR count). The van der Waals surface area contributed by atoms with Gasteiger partial charge in [-0.15, -0.1) is 0 Å². The smallest absolute Gasteiger partial charge is 0.0594 e. The molecule has 0 amide bonds. The highest BCUT2D eigenvalue weighted by Crippen LogP contribution is 2.36. The first-order valence-corrected chi connectivity index (χ1v) is 5.81. The van der Waals surface area contributed by atoms with Crippen LogP contribution in [-0.2, 0) is 0 Å². The highest BCUT2D eigenvalue weighted by atomic mass is 16.3. The first-order chi connectivity index (χ1) is 7.69. The molecule has 0 heterocycles. The molecule has 5 atom stereocenters. The minimum atomic E-state index is -0.673. The third-order valence-corrected chi connectivity index (χ3v) is 3.90. The molecule has 0 aromatic heterocycles. The van der Waals surface area contributed by atoms with Gasteiger partial charge in [0.2, 0.25) is 0 Å². The normalized spacial score (nSPS) is 40.7. The van der Waals surface area contributed by atoms with Crippen molar-refractivity contribution in [2.24, 2.45) is 23.7 Å². The van der Waals surface area contributed by atoms with Crippen LogP contribution in [0.1, 0.15) is 12.8 Å². The van der Waals surface area contributed by atoms with Crippen LogP contribution in [0, 0.1) is 23.7 Å². The maximum atomic E-state index is 9.84. The van der Waals surface area contributed by atoms with Gasteiger partial charge in [-0.2, -0.15) is 0 Å². The molecule has 5 N–H and O–H groups in total. The van der Waals surface area contributed by atoms with Crippen molar-refractivity contribution in [2.45, 2.75) is 18.9 Å². The van der Waals surface area contributed by atoms with Crippen LogP contribution in [0.15, 0.2) is 0 Å². The van der Waals surface area contributed by atoms with Crippen LogP contribution in [0.25, 0.3) is 0 Å². The fourth-order valence-corrected chi connectivity index (χ4v) is 2.80. The number of rotatable bonds is 4. The van der Waals surface area contributed by atoms with Crippen LogP contribution in [0.5, 0.6) is 0 Å². The lowest BCUT2D eigenvalue weighted by molar-refractivity contribution is -0.0189. The van der Waals surface area contributed by atoms with Gasteiger partial charge in [0.15, 0.2) is 0 Å². The Balaban J connectivity index is 2.88. The van der Waals surface area contributed by atoms with E-state index in [9.17, 15) is 25.5 Å². The monoisotopic (exact) mass is 234 g/mol. The van der Waals surface area contributed by atoms with Gasteiger partial charge in [-0.25, -0.2) is 0 Å². The summed E-state index contributed by atoms with van der Waals surface area (Å²) in [6, 6.07) is 0. The average Bonchev–Trinajstić information content (AvgIpc) is 2.44. The molecule has 0 aromatic carbocycles. The van der Waals surface area contributed by atoms with E-state index >= 15 is 0 Å². The summed E-state index contributed by atoms with van der Waals surface area (Å²) in [5, 5.41) is 47.0. The summed E-state index contributed by atoms with van der Waals surface area (Å²) in [5.74, 6) is -1.15. The molecule has 96 valence electrons. The van der Waals surface area contributed by atoms with E-state index in [0.29, 0.717) is 12.8 Å². The lowest BCUT2D eigenvalue weighted by atomic mass is 9.77. The second-order valence-corrected chi connectivity index (χ2v) is 4.63. The van der Waals surface area contributed by atoms with Gasteiger partial charge in [0.25, 0.3) is 0 Å². The summed E-state index contributed by atoms with van der Waals surface area (Å²) in [5.41, 5.74) is 0. The highest BCUT2D eigenvalue weighted by molar-refractivity contribution is 4.88. The Bertz CT molecular complexity index is 199. The Morgan fingerprint density at radius 2 is 1.25 bits per heavy atom. The number of hydrogen-bond donors (Lipinski definition) is 5. The molecule has 1 aliphatic rings. The molecule has 16 heavy (non-hydrogen) atoms. The third-order valence-electron chi connectivity index (χ3n) is 3.90. The van der Waals surface area contributed by atoms with Crippen molar-refractivity contribution in [3.8, 4) is 0 Å². The summed E-state index contributed by atoms with van der Waals surface area (Å²) < 4.78 is 0. The van der Waals surface area contributed by atoms with Gasteiger partial charge in [0.1, 0.15) is 0 Å². The predicted octanol–water partition coefficient (Wildman–Crippen LogP) is -1.42. The molecule has 0 radical (unpaired) electrons. The molecular formula is C11H22O5. The molecule has 0 bridgehead atoms. The van der Waals surface area contributed by atoms with Crippen LogP contribution in [-0.4, -0.2) is 58.1 Å². The Labute approximate surface area is 95.4 Å². The van der Waals surface area contributed by atoms with Crippen molar-refractivity contribution >= 4 is 0 Å². The van der Waals surface area contributed by atoms with Crippen LogP contribution in [0.4, 0.5) is 0 Å². The van der Waals surface area contributed by atoms with Crippen LogP contribution in [0.3, 0.4) is 0 Å². The Morgan fingerprint density at radius 1 is 0.688 bits per heavy atom. The molecular weight excluding hydrogens is 212 g/mol. The highest BCUT2D eigenvalue weighted by Gasteiger charge is 2.39. The number of aliphatic hydroxyl groups excluding tert-OH is 5. The Kier molecular flexibility index (Phi) is 5.64. The fourth-order valence-electron chi connectivity index (χ4n) is 2.80. The molecule has 0 spiro atoms. The van der Waals surface area contributed by atoms with E-state index in [1.807, 2.05) is 0 Å². The zero-order valence-electron chi connectivity index (χ0n) is 9.37. The first-order valence-electron chi connectivity index (χ1n) is 5.81. The van der Waals surface area contributed by atoms with E-state index in [-0.39, 0.29) is 44.2 Å². The van der Waals surface area contributed by atoms with Gasteiger partial charge in [-0.1, -0.05) is 0 Å².